The van der Waals surface area contributed by atoms with E-state index in [2.05, 4.69) is 20.4 Å². The molecule has 0 spiro atoms. The Morgan fingerprint density at radius 2 is 0.887 bits per heavy atom. The van der Waals surface area contributed by atoms with Crippen molar-refractivity contribution in [2.75, 3.05) is 52.4 Å². The van der Waals surface area contributed by atoms with Crippen molar-refractivity contribution >= 4 is 23.2 Å². The van der Waals surface area contributed by atoms with Gasteiger partial charge in [-0.2, -0.15) is 0 Å². The Hall–Kier alpha value is -1.72. The van der Waals surface area contributed by atoms with Crippen LogP contribution < -0.4 is 10.6 Å². The van der Waals surface area contributed by atoms with Crippen LogP contribution in [0.3, 0.4) is 0 Å². The number of aromatic hydroxyl groups is 2. The Balaban J connectivity index is 0.876. The molecule has 2 saturated heterocycles. The number of benzene rings is 2. The minimum atomic E-state index is -0.496. The molecule has 2 fully saturated rings. The minimum absolute atomic E-state index is 0.0375. The summed E-state index contributed by atoms with van der Waals surface area (Å²) >= 11 is 11.4. The van der Waals surface area contributed by atoms with Crippen LogP contribution in [0.1, 0.15) is 127 Å². The van der Waals surface area contributed by atoms with Gasteiger partial charge >= 0.3 is 0 Å². The highest BCUT2D eigenvalue weighted by Gasteiger charge is 2.25. The predicted octanol–water partition coefficient (Wildman–Crippen LogP) is 9.97. The summed E-state index contributed by atoms with van der Waals surface area (Å²) in [6, 6.07) is 5.13. The highest BCUT2D eigenvalue weighted by Crippen LogP contribution is 2.27. The zero-order valence-electron chi connectivity index (χ0n) is 32.0. The molecule has 7 nitrogen and oxygen atoms in total. The first-order valence-electron chi connectivity index (χ1n) is 20.6. The van der Waals surface area contributed by atoms with Crippen molar-refractivity contribution in [2.45, 2.75) is 141 Å². The number of ether oxygens (including phenoxy) is 1. The summed E-state index contributed by atoms with van der Waals surface area (Å²) in [6.45, 7) is 9.74. The quantitative estimate of drug-likeness (QED) is 0.0708. The van der Waals surface area contributed by atoms with Crippen LogP contribution in [0.4, 0.5) is 8.78 Å². The lowest BCUT2D eigenvalue weighted by atomic mass is 10.0. The van der Waals surface area contributed by atoms with Crippen LogP contribution in [0.15, 0.2) is 24.3 Å². The molecule has 0 saturated carbocycles. The third-order valence-electron chi connectivity index (χ3n) is 11.0. The van der Waals surface area contributed by atoms with E-state index in [9.17, 15) is 19.0 Å². The second-order valence-corrected chi connectivity index (χ2v) is 16.1. The van der Waals surface area contributed by atoms with Crippen molar-refractivity contribution < 1.29 is 23.7 Å². The topological polar surface area (TPSA) is 80.2 Å². The number of phenols is 2. The van der Waals surface area contributed by atoms with Gasteiger partial charge in [0, 0.05) is 62.5 Å². The fourth-order valence-electron chi connectivity index (χ4n) is 7.63. The first kappa shape index (κ1) is 44.0. The van der Waals surface area contributed by atoms with E-state index in [4.69, 9.17) is 27.9 Å². The Labute approximate surface area is 328 Å². The van der Waals surface area contributed by atoms with E-state index in [0.29, 0.717) is 36.4 Å². The number of phenolic OH excluding ortho intramolecular Hbond substituents is 2. The van der Waals surface area contributed by atoms with Crippen molar-refractivity contribution in [3.8, 4) is 11.5 Å². The van der Waals surface area contributed by atoms with Crippen molar-refractivity contribution in [3.05, 3.63) is 57.1 Å². The lowest BCUT2D eigenvalue weighted by molar-refractivity contribution is -0.0650. The molecule has 300 valence electrons. The minimum Gasteiger partial charge on any atom is -0.508 e. The fourth-order valence-corrected chi connectivity index (χ4v) is 7.95. The number of nitrogens with zero attached hydrogens (tertiary/aromatic N) is 2. The molecule has 53 heavy (non-hydrogen) atoms. The van der Waals surface area contributed by atoms with E-state index >= 15 is 0 Å². The number of halogens is 4. The SMILES string of the molecule is Oc1cc(Cl)c(F)cc1CNCCCCCCCCCN1CCC(OC2CCN(CCCCCCCCCNCc3cc(F)c(Cl)cc3O)CC2)CC1. The van der Waals surface area contributed by atoms with Gasteiger partial charge in [0.15, 0.2) is 0 Å². The summed E-state index contributed by atoms with van der Waals surface area (Å²) in [5.74, 6) is -0.917. The fraction of sp³-hybridized carbons (Fsp3) is 0.714. The van der Waals surface area contributed by atoms with Gasteiger partial charge in [-0.15, -0.1) is 0 Å². The summed E-state index contributed by atoms with van der Waals surface area (Å²) in [7, 11) is 0. The van der Waals surface area contributed by atoms with Crippen LogP contribution >= 0.6 is 23.2 Å². The molecule has 0 atom stereocenters. The molecule has 2 aliphatic heterocycles. The van der Waals surface area contributed by atoms with E-state index in [-0.39, 0.29) is 21.5 Å². The average Bonchev–Trinajstić information content (AvgIpc) is 3.15. The number of nitrogens with one attached hydrogen (secondary N) is 2. The molecule has 2 heterocycles. The van der Waals surface area contributed by atoms with Gasteiger partial charge in [0.25, 0.3) is 0 Å². The highest BCUT2D eigenvalue weighted by atomic mass is 35.5. The molecule has 11 heteroatoms. The summed E-state index contributed by atoms with van der Waals surface area (Å²) in [4.78, 5) is 5.27. The molecular formula is C42H66Cl2F2N4O3. The molecule has 2 aromatic rings. The largest absolute Gasteiger partial charge is 0.508 e. The third kappa shape index (κ3) is 17.3. The van der Waals surface area contributed by atoms with Gasteiger partial charge in [0.1, 0.15) is 23.1 Å². The Morgan fingerprint density at radius 3 is 1.26 bits per heavy atom. The van der Waals surface area contributed by atoms with E-state index < -0.39 is 11.6 Å². The van der Waals surface area contributed by atoms with E-state index in [0.717, 1.165) is 25.9 Å². The van der Waals surface area contributed by atoms with Gasteiger partial charge < -0.3 is 35.4 Å². The number of rotatable bonds is 26. The lowest BCUT2D eigenvalue weighted by Crippen LogP contribution is -2.42. The normalized spacial score (nSPS) is 16.5. The molecule has 0 aliphatic carbocycles. The number of piperidine rings is 2. The number of unbranched alkanes of at least 4 members (excludes halogenated alkanes) is 12. The highest BCUT2D eigenvalue weighted by molar-refractivity contribution is 6.31. The van der Waals surface area contributed by atoms with Crippen molar-refractivity contribution in [3.63, 3.8) is 0 Å². The summed E-state index contributed by atoms with van der Waals surface area (Å²) < 4.78 is 33.8. The molecule has 0 unspecified atom stereocenters. The van der Waals surface area contributed by atoms with Crippen LogP contribution in [0, 0.1) is 11.6 Å². The predicted molar refractivity (Wildman–Crippen MR) is 214 cm³/mol. The summed E-state index contributed by atoms with van der Waals surface area (Å²) in [5, 5.41) is 26.3. The van der Waals surface area contributed by atoms with Gasteiger partial charge in [-0.05, 0) is 89.7 Å². The maximum absolute atomic E-state index is 13.6. The second kappa shape index (κ2) is 25.4. The molecule has 0 amide bonds. The zero-order valence-corrected chi connectivity index (χ0v) is 33.5. The molecule has 0 bridgehead atoms. The van der Waals surface area contributed by atoms with Gasteiger partial charge in [-0.25, -0.2) is 8.78 Å². The van der Waals surface area contributed by atoms with Crippen LogP contribution in [-0.4, -0.2) is 84.6 Å². The number of likely N-dealkylation sites (tertiary alicyclic amines) is 2. The van der Waals surface area contributed by atoms with Gasteiger partial charge in [0.05, 0.1) is 22.3 Å². The second-order valence-electron chi connectivity index (χ2n) is 15.3. The standard InChI is InChI=1S/C42H66Cl2F2N4O3/c43-37-29-41(51)33(27-39(37)45)31-47-19-11-7-3-1-5-9-13-21-49-23-15-35(16-24-49)53-36-17-25-50(26-18-36)22-14-10-6-2-4-8-12-20-48-32-34-28-40(46)38(44)30-42(34)52/h27-30,35-36,47-48,51-52H,1-26,31-32H2. The Morgan fingerprint density at radius 1 is 0.547 bits per heavy atom. The van der Waals surface area contributed by atoms with Gasteiger partial charge in [-0.3, -0.25) is 0 Å². The molecular weight excluding hydrogens is 717 g/mol. The van der Waals surface area contributed by atoms with Crippen LogP contribution in [0.5, 0.6) is 11.5 Å². The number of hydrogen-bond acceptors (Lipinski definition) is 7. The van der Waals surface area contributed by atoms with E-state index in [1.54, 1.807) is 0 Å². The number of hydrogen-bond donors (Lipinski definition) is 4. The van der Waals surface area contributed by atoms with Gasteiger partial charge in [-0.1, -0.05) is 87.4 Å². The van der Waals surface area contributed by atoms with Crippen LogP contribution in [-0.2, 0) is 17.8 Å². The monoisotopic (exact) mass is 782 g/mol. The van der Waals surface area contributed by atoms with E-state index in [1.807, 2.05) is 0 Å². The lowest BCUT2D eigenvalue weighted by Gasteiger charge is -2.37. The van der Waals surface area contributed by atoms with Crippen molar-refractivity contribution in [1.29, 1.82) is 0 Å². The zero-order chi connectivity index (χ0) is 37.7. The van der Waals surface area contributed by atoms with Crippen LogP contribution in [0.25, 0.3) is 0 Å². The summed E-state index contributed by atoms with van der Waals surface area (Å²) in [5.41, 5.74) is 1.09. The molecule has 0 aromatic heterocycles. The Kier molecular flexibility index (Phi) is 21.1. The average molecular weight is 784 g/mol. The first-order valence-corrected chi connectivity index (χ1v) is 21.4. The molecule has 4 N–H and O–H groups in total. The molecule has 4 rings (SSSR count). The first-order chi connectivity index (χ1) is 25.8. The summed E-state index contributed by atoms with van der Waals surface area (Å²) in [6.07, 6.45) is 23.0. The van der Waals surface area contributed by atoms with E-state index in [1.165, 1.54) is 166 Å². The maximum atomic E-state index is 13.6. The maximum Gasteiger partial charge on any atom is 0.142 e. The molecule has 2 aliphatic rings. The third-order valence-corrected chi connectivity index (χ3v) is 11.6. The smallest absolute Gasteiger partial charge is 0.142 e. The van der Waals surface area contributed by atoms with Crippen LogP contribution in [0.2, 0.25) is 10.0 Å². The van der Waals surface area contributed by atoms with Crippen molar-refractivity contribution in [1.82, 2.24) is 20.4 Å². The molecule has 0 radical (unpaired) electrons. The van der Waals surface area contributed by atoms with Crippen molar-refractivity contribution in [2.24, 2.45) is 0 Å². The van der Waals surface area contributed by atoms with Gasteiger partial charge in [0.2, 0.25) is 0 Å². The Bertz CT molecular complexity index is 1210. The molecule has 2 aromatic carbocycles.